The Hall–Kier alpha value is -2.05. The number of rotatable bonds is 3. The van der Waals surface area contributed by atoms with Gasteiger partial charge in [-0.1, -0.05) is 29.5 Å². The van der Waals surface area contributed by atoms with Gasteiger partial charge in [-0.15, -0.1) is 5.10 Å². The first-order valence-electron chi connectivity index (χ1n) is 6.33. The molecule has 0 saturated carbocycles. The Morgan fingerprint density at radius 1 is 1.14 bits per heavy atom. The fraction of sp³-hybridized carbons (Fsp3) is 0.0667. The quantitative estimate of drug-likeness (QED) is 0.792. The highest BCUT2D eigenvalue weighted by Crippen LogP contribution is 2.25. The molecule has 0 radical (unpaired) electrons. The first-order chi connectivity index (χ1) is 10.2. The second-order valence-electron chi connectivity index (χ2n) is 4.56. The first-order valence-corrected chi connectivity index (χ1v) is 7.12. The van der Waals surface area contributed by atoms with E-state index in [4.69, 9.17) is 5.73 Å². The molecule has 0 aliphatic carbocycles. The van der Waals surface area contributed by atoms with Crippen LogP contribution in [0.3, 0.4) is 0 Å². The maximum atomic E-state index is 13.3. The van der Waals surface area contributed by atoms with Gasteiger partial charge in [-0.2, -0.15) is 0 Å². The van der Waals surface area contributed by atoms with E-state index < -0.39 is 6.04 Å². The van der Waals surface area contributed by atoms with Crippen molar-refractivity contribution in [1.82, 2.24) is 15.0 Å². The minimum atomic E-state index is -0.447. The number of nitrogens with two attached hydrogens (primary N) is 1. The fourth-order valence-corrected chi connectivity index (χ4v) is 2.50. The molecule has 1 unspecified atom stereocenters. The van der Waals surface area contributed by atoms with Gasteiger partial charge in [0.2, 0.25) is 0 Å². The van der Waals surface area contributed by atoms with Crippen LogP contribution in [0.2, 0.25) is 0 Å². The molecule has 0 bridgehead atoms. The van der Waals surface area contributed by atoms with Gasteiger partial charge in [-0.25, -0.2) is 9.07 Å². The lowest BCUT2D eigenvalue weighted by molar-refractivity contribution is 0.619. The Labute approximate surface area is 129 Å². The van der Waals surface area contributed by atoms with Crippen LogP contribution in [0.5, 0.6) is 0 Å². The van der Waals surface area contributed by atoms with Crippen molar-refractivity contribution < 1.29 is 4.39 Å². The van der Waals surface area contributed by atoms with Gasteiger partial charge in [0.25, 0.3) is 0 Å². The predicted octanol–water partition coefficient (Wildman–Crippen LogP) is 3.22. The molecule has 1 aromatic heterocycles. The van der Waals surface area contributed by atoms with Crippen molar-refractivity contribution in [3.05, 3.63) is 76.3 Å². The zero-order chi connectivity index (χ0) is 14.8. The summed E-state index contributed by atoms with van der Waals surface area (Å²) >= 11 is 3.17. The molecule has 0 fully saturated rings. The van der Waals surface area contributed by atoms with Crippen LogP contribution < -0.4 is 5.73 Å². The van der Waals surface area contributed by atoms with Crippen molar-refractivity contribution in [3.63, 3.8) is 0 Å². The summed E-state index contributed by atoms with van der Waals surface area (Å²) in [5.74, 6) is -0.319. The zero-order valence-electron chi connectivity index (χ0n) is 10.9. The lowest BCUT2D eigenvalue weighted by Gasteiger charge is -2.14. The highest BCUT2D eigenvalue weighted by molar-refractivity contribution is 9.10. The monoisotopic (exact) mass is 346 g/mol. The minimum Gasteiger partial charge on any atom is -0.319 e. The average molecular weight is 347 g/mol. The van der Waals surface area contributed by atoms with Gasteiger partial charge < -0.3 is 5.73 Å². The highest BCUT2D eigenvalue weighted by atomic mass is 79.9. The summed E-state index contributed by atoms with van der Waals surface area (Å²) in [7, 11) is 0. The van der Waals surface area contributed by atoms with Crippen molar-refractivity contribution in [2.45, 2.75) is 6.04 Å². The van der Waals surface area contributed by atoms with E-state index in [0.717, 1.165) is 16.9 Å². The van der Waals surface area contributed by atoms with Crippen LogP contribution in [0.1, 0.15) is 17.3 Å². The van der Waals surface area contributed by atoms with Gasteiger partial charge >= 0.3 is 0 Å². The van der Waals surface area contributed by atoms with E-state index in [2.05, 4.69) is 26.2 Å². The number of halogens is 2. The zero-order valence-corrected chi connectivity index (χ0v) is 12.5. The molecule has 0 aliphatic rings. The topological polar surface area (TPSA) is 56.7 Å². The van der Waals surface area contributed by atoms with E-state index in [-0.39, 0.29) is 5.82 Å². The summed E-state index contributed by atoms with van der Waals surface area (Å²) in [6.07, 6.45) is 1.62. The lowest BCUT2D eigenvalue weighted by Crippen LogP contribution is -2.16. The average Bonchev–Trinajstić information content (AvgIpc) is 2.99. The second-order valence-corrected chi connectivity index (χ2v) is 5.41. The van der Waals surface area contributed by atoms with Gasteiger partial charge in [-0.05, 0) is 45.8 Å². The highest BCUT2D eigenvalue weighted by Gasteiger charge is 2.17. The molecule has 0 saturated heterocycles. The number of para-hydroxylation sites is 1. The second kappa shape index (κ2) is 5.75. The van der Waals surface area contributed by atoms with Gasteiger partial charge in [0, 0.05) is 0 Å². The number of benzene rings is 2. The maximum Gasteiger partial charge on any atom is 0.137 e. The van der Waals surface area contributed by atoms with Gasteiger partial charge in [-0.3, -0.25) is 0 Å². The van der Waals surface area contributed by atoms with E-state index in [1.807, 2.05) is 30.3 Å². The molecule has 0 aliphatic heterocycles. The molecule has 3 aromatic rings. The molecular formula is C15H12BrFN4. The van der Waals surface area contributed by atoms with Crippen molar-refractivity contribution in [2.24, 2.45) is 5.73 Å². The van der Waals surface area contributed by atoms with E-state index in [9.17, 15) is 4.39 Å². The van der Waals surface area contributed by atoms with E-state index in [1.54, 1.807) is 23.0 Å². The van der Waals surface area contributed by atoms with Crippen molar-refractivity contribution in [1.29, 1.82) is 0 Å². The standard InChI is InChI=1S/C15H12BrFN4/c16-12-8-10(6-7-13(12)17)15(18)14-9-19-20-21(14)11-4-2-1-3-5-11/h1-9,15H,18H2. The van der Waals surface area contributed by atoms with Crippen LogP contribution in [-0.2, 0) is 0 Å². The normalized spacial score (nSPS) is 12.3. The summed E-state index contributed by atoms with van der Waals surface area (Å²) in [5.41, 5.74) is 8.67. The number of nitrogens with zero attached hydrogens (tertiary/aromatic N) is 3. The molecule has 3 rings (SSSR count). The van der Waals surface area contributed by atoms with E-state index in [0.29, 0.717) is 4.47 Å². The van der Waals surface area contributed by atoms with Crippen molar-refractivity contribution in [3.8, 4) is 5.69 Å². The van der Waals surface area contributed by atoms with Crippen LogP contribution in [0.4, 0.5) is 4.39 Å². The minimum absolute atomic E-state index is 0.319. The number of hydrogen-bond acceptors (Lipinski definition) is 3. The maximum absolute atomic E-state index is 13.3. The van der Waals surface area contributed by atoms with Crippen LogP contribution >= 0.6 is 15.9 Å². The van der Waals surface area contributed by atoms with Crippen LogP contribution in [-0.4, -0.2) is 15.0 Å². The molecule has 6 heteroatoms. The summed E-state index contributed by atoms with van der Waals surface area (Å²) in [4.78, 5) is 0. The Kier molecular flexibility index (Phi) is 3.81. The van der Waals surface area contributed by atoms with Crippen molar-refractivity contribution >= 4 is 15.9 Å². The van der Waals surface area contributed by atoms with E-state index >= 15 is 0 Å². The third-order valence-electron chi connectivity index (χ3n) is 3.20. The molecule has 106 valence electrons. The Bertz CT molecular complexity index is 757. The largest absolute Gasteiger partial charge is 0.319 e. The van der Waals surface area contributed by atoms with Crippen LogP contribution in [0.15, 0.2) is 59.2 Å². The van der Waals surface area contributed by atoms with Gasteiger partial charge in [0.05, 0.1) is 28.1 Å². The first kappa shape index (κ1) is 13.9. The summed E-state index contributed by atoms with van der Waals surface area (Å²) in [6, 6.07) is 13.9. The van der Waals surface area contributed by atoms with Gasteiger partial charge in [0.15, 0.2) is 0 Å². The van der Waals surface area contributed by atoms with Crippen LogP contribution in [0.25, 0.3) is 5.69 Å². The molecule has 1 heterocycles. The van der Waals surface area contributed by atoms with Crippen molar-refractivity contribution in [2.75, 3.05) is 0 Å². The molecule has 4 nitrogen and oxygen atoms in total. The summed E-state index contributed by atoms with van der Waals surface area (Å²) < 4.78 is 15.4. The molecular weight excluding hydrogens is 335 g/mol. The fourth-order valence-electron chi connectivity index (χ4n) is 2.10. The number of aromatic nitrogens is 3. The predicted molar refractivity (Wildman–Crippen MR) is 81.5 cm³/mol. The molecule has 21 heavy (non-hydrogen) atoms. The summed E-state index contributed by atoms with van der Waals surface area (Å²) in [5, 5.41) is 8.01. The molecule has 0 spiro atoms. The third-order valence-corrected chi connectivity index (χ3v) is 3.81. The molecule has 0 amide bonds. The van der Waals surface area contributed by atoms with E-state index in [1.165, 1.54) is 6.07 Å². The van der Waals surface area contributed by atoms with Gasteiger partial charge in [0.1, 0.15) is 5.82 Å². The third kappa shape index (κ3) is 2.72. The Balaban J connectivity index is 2.01. The SMILES string of the molecule is NC(c1ccc(F)c(Br)c1)c1cnnn1-c1ccccc1. The molecule has 2 aromatic carbocycles. The molecule has 1 atom stereocenters. The van der Waals surface area contributed by atoms with Crippen LogP contribution in [0, 0.1) is 5.82 Å². The smallest absolute Gasteiger partial charge is 0.137 e. The lowest BCUT2D eigenvalue weighted by atomic mass is 10.0. The Morgan fingerprint density at radius 2 is 1.90 bits per heavy atom. The Morgan fingerprint density at radius 3 is 2.62 bits per heavy atom. The number of hydrogen-bond donors (Lipinski definition) is 1. The summed E-state index contributed by atoms with van der Waals surface area (Å²) in [6.45, 7) is 0. The molecule has 2 N–H and O–H groups in total.